The minimum absolute atomic E-state index is 0.181. The van der Waals surface area contributed by atoms with Crippen molar-refractivity contribution in [1.82, 2.24) is 0 Å². The number of phenolic OH excluding ortho intramolecular Hbond substituents is 2. The zero-order valence-electron chi connectivity index (χ0n) is 11.3. The van der Waals surface area contributed by atoms with Crippen LogP contribution in [-0.4, -0.2) is 24.4 Å². The summed E-state index contributed by atoms with van der Waals surface area (Å²) < 4.78 is 9.67. The third kappa shape index (κ3) is 4.43. The van der Waals surface area contributed by atoms with E-state index in [-0.39, 0.29) is 11.5 Å². The molecule has 102 valence electrons. The second-order valence-corrected chi connectivity index (χ2v) is 3.85. The molecule has 0 aromatic heterocycles. The Bertz CT molecular complexity index is 523. The number of hydrogen-bond donors (Lipinski definition) is 2. The van der Waals surface area contributed by atoms with Crippen LogP contribution in [0.2, 0.25) is 0 Å². The fraction of sp³-hybridized carbons (Fsp3) is 0.200. The predicted molar refractivity (Wildman–Crippen MR) is 74.1 cm³/mol. The van der Waals surface area contributed by atoms with Gasteiger partial charge in [0.1, 0.15) is 0 Å². The van der Waals surface area contributed by atoms with Crippen LogP contribution in [0.4, 0.5) is 0 Å². The summed E-state index contributed by atoms with van der Waals surface area (Å²) in [5.41, 5.74) is 1.08. The fourth-order valence-corrected chi connectivity index (χ4v) is 1.41. The van der Waals surface area contributed by atoms with Gasteiger partial charge in [-0.15, -0.1) is 0 Å². The van der Waals surface area contributed by atoms with E-state index < -0.39 is 0 Å². The minimum atomic E-state index is 0.181. The average molecular weight is 262 g/mol. The molecular weight excluding hydrogens is 244 g/mol. The molecule has 0 unspecified atom stereocenters. The highest BCUT2D eigenvalue weighted by atomic mass is 16.5. The lowest BCUT2D eigenvalue weighted by atomic mass is 10.2. The minimum Gasteiger partial charge on any atom is -0.504 e. The molecular formula is C15H18O4. The fourth-order valence-electron chi connectivity index (χ4n) is 1.41. The van der Waals surface area contributed by atoms with E-state index in [4.69, 9.17) is 19.7 Å². The first kappa shape index (κ1) is 14.7. The lowest BCUT2D eigenvalue weighted by molar-refractivity contribution is 0.373. The molecule has 0 atom stereocenters. The van der Waals surface area contributed by atoms with Gasteiger partial charge in [0, 0.05) is 0 Å². The summed E-state index contributed by atoms with van der Waals surface area (Å²) in [6, 6.07) is 12.1. The van der Waals surface area contributed by atoms with E-state index in [1.807, 2.05) is 13.0 Å². The van der Waals surface area contributed by atoms with Crippen molar-refractivity contribution < 1.29 is 19.7 Å². The number of methoxy groups -OCH3 is 2. The highest BCUT2D eigenvalue weighted by Crippen LogP contribution is 2.25. The monoisotopic (exact) mass is 262 g/mol. The predicted octanol–water partition coefficient (Wildman–Crippen LogP) is 3.11. The lowest BCUT2D eigenvalue weighted by Gasteiger charge is -2.02. The molecule has 0 saturated carbocycles. The van der Waals surface area contributed by atoms with Gasteiger partial charge in [0.05, 0.1) is 14.2 Å². The number of rotatable bonds is 2. The number of phenols is 2. The lowest BCUT2D eigenvalue weighted by Crippen LogP contribution is -1.83. The summed E-state index contributed by atoms with van der Waals surface area (Å²) in [5, 5.41) is 18.1. The standard InChI is InChI=1S/C8H10O2.C7H8O2/c1-6-3-4-7(9)8(5-6)10-2;1-9-7-5-3-2-4-6(7)8/h3-5,9H,1-2H3;2-5,8H,1H3. The van der Waals surface area contributed by atoms with Gasteiger partial charge in [0.15, 0.2) is 23.0 Å². The molecule has 0 saturated heterocycles. The Morgan fingerprint density at radius 3 is 1.84 bits per heavy atom. The maximum Gasteiger partial charge on any atom is 0.160 e. The van der Waals surface area contributed by atoms with Gasteiger partial charge in [-0.25, -0.2) is 0 Å². The zero-order chi connectivity index (χ0) is 14.3. The van der Waals surface area contributed by atoms with Crippen molar-refractivity contribution in [3.63, 3.8) is 0 Å². The molecule has 0 bridgehead atoms. The summed E-state index contributed by atoms with van der Waals surface area (Å²) in [7, 11) is 3.06. The molecule has 0 aliphatic heterocycles. The summed E-state index contributed by atoms with van der Waals surface area (Å²) in [4.78, 5) is 0. The third-order valence-corrected chi connectivity index (χ3v) is 2.42. The van der Waals surface area contributed by atoms with Gasteiger partial charge in [-0.05, 0) is 36.8 Å². The molecule has 0 aliphatic carbocycles. The molecule has 0 amide bonds. The van der Waals surface area contributed by atoms with E-state index in [9.17, 15) is 0 Å². The van der Waals surface area contributed by atoms with Gasteiger partial charge in [-0.3, -0.25) is 0 Å². The van der Waals surface area contributed by atoms with Crippen molar-refractivity contribution in [2.45, 2.75) is 6.92 Å². The molecule has 19 heavy (non-hydrogen) atoms. The molecule has 2 N–H and O–H groups in total. The normalized spacial score (nSPS) is 9.21. The Balaban J connectivity index is 0.000000191. The second kappa shape index (κ2) is 7.16. The maximum absolute atomic E-state index is 9.11. The van der Waals surface area contributed by atoms with Crippen LogP contribution in [0.5, 0.6) is 23.0 Å². The second-order valence-electron chi connectivity index (χ2n) is 3.85. The van der Waals surface area contributed by atoms with E-state index in [0.29, 0.717) is 11.5 Å². The summed E-state index contributed by atoms with van der Waals surface area (Å²) in [6.45, 7) is 1.95. The number of ether oxygens (including phenoxy) is 2. The molecule has 0 radical (unpaired) electrons. The molecule has 0 fully saturated rings. The highest BCUT2D eigenvalue weighted by Gasteiger charge is 1.98. The summed E-state index contributed by atoms with van der Waals surface area (Å²) in [6.07, 6.45) is 0. The molecule has 0 spiro atoms. The van der Waals surface area contributed by atoms with E-state index >= 15 is 0 Å². The average Bonchev–Trinajstić information content (AvgIpc) is 2.43. The van der Waals surface area contributed by atoms with Crippen LogP contribution in [0, 0.1) is 6.92 Å². The topological polar surface area (TPSA) is 58.9 Å². The first-order valence-electron chi connectivity index (χ1n) is 5.74. The van der Waals surface area contributed by atoms with Gasteiger partial charge in [-0.2, -0.15) is 0 Å². The van der Waals surface area contributed by atoms with Gasteiger partial charge in [-0.1, -0.05) is 18.2 Å². The van der Waals surface area contributed by atoms with E-state index in [1.54, 1.807) is 36.4 Å². The van der Waals surface area contributed by atoms with Crippen LogP contribution in [0.3, 0.4) is 0 Å². The largest absolute Gasteiger partial charge is 0.504 e. The Kier molecular flexibility index (Phi) is 5.54. The highest BCUT2D eigenvalue weighted by molar-refractivity contribution is 5.41. The number of benzene rings is 2. The van der Waals surface area contributed by atoms with Crippen LogP contribution in [0.25, 0.3) is 0 Å². The molecule has 2 aromatic rings. The van der Waals surface area contributed by atoms with Crippen molar-refractivity contribution >= 4 is 0 Å². The molecule has 4 nitrogen and oxygen atoms in total. The molecule has 4 heteroatoms. The molecule has 2 aromatic carbocycles. The van der Waals surface area contributed by atoms with Gasteiger partial charge in [0.25, 0.3) is 0 Å². The van der Waals surface area contributed by atoms with Crippen LogP contribution < -0.4 is 9.47 Å². The van der Waals surface area contributed by atoms with Crippen molar-refractivity contribution in [2.24, 2.45) is 0 Å². The molecule has 0 aliphatic rings. The number of aromatic hydroxyl groups is 2. The Morgan fingerprint density at radius 1 is 0.789 bits per heavy atom. The molecule has 2 rings (SSSR count). The van der Waals surface area contributed by atoms with Crippen LogP contribution in [-0.2, 0) is 0 Å². The number of para-hydroxylation sites is 2. The smallest absolute Gasteiger partial charge is 0.160 e. The van der Waals surface area contributed by atoms with Crippen molar-refractivity contribution in [3.8, 4) is 23.0 Å². The third-order valence-electron chi connectivity index (χ3n) is 2.42. The zero-order valence-corrected chi connectivity index (χ0v) is 11.3. The van der Waals surface area contributed by atoms with Gasteiger partial charge in [0.2, 0.25) is 0 Å². The quantitative estimate of drug-likeness (QED) is 0.873. The molecule has 0 heterocycles. The SMILES string of the molecule is COc1cc(C)ccc1O.COc1ccccc1O. The Hall–Kier alpha value is -2.36. The van der Waals surface area contributed by atoms with E-state index in [0.717, 1.165) is 5.56 Å². The van der Waals surface area contributed by atoms with Crippen molar-refractivity contribution in [1.29, 1.82) is 0 Å². The summed E-state index contributed by atoms with van der Waals surface area (Å²) in [5.74, 6) is 1.41. The van der Waals surface area contributed by atoms with E-state index in [2.05, 4.69) is 0 Å². The Morgan fingerprint density at radius 2 is 1.37 bits per heavy atom. The van der Waals surface area contributed by atoms with Crippen LogP contribution in [0.1, 0.15) is 5.56 Å². The van der Waals surface area contributed by atoms with E-state index in [1.165, 1.54) is 14.2 Å². The number of hydrogen-bond acceptors (Lipinski definition) is 4. The first-order valence-corrected chi connectivity index (χ1v) is 5.74. The van der Waals surface area contributed by atoms with Gasteiger partial charge < -0.3 is 19.7 Å². The van der Waals surface area contributed by atoms with Crippen molar-refractivity contribution in [3.05, 3.63) is 48.0 Å². The number of aryl methyl sites for hydroxylation is 1. The summed E-state index contributed by atoms with van der Waals surface area (Å²) >= 11 is 0. The first-order chi connectivity index (χ1) is 9.08. The van der Waals surface area contributed by atoms with Crippen LogP contribution in [0.15, 0.2) is 42.5 Å². The van der Waals surface area contributed by atoms with Crippen molar-refractivity contribution in [2.75, 3.05) is 14.2 Å². The van der Waals surface area contributed by atoms with Gasteiger partial charge >= 0.3 is 0 Å². The van der Waals surface area contributed by atoms with Crippen LogP contribution >= 0.6 is 0 Å². The Labute approximate surface area is 112 Å². The maximum atomic E-state index is 9.11.